The number of Topliss-reactive ketones (excluding diaryl/α,β-unsaturated/α-hetero) is 1. The molecule has 3 aromatic rings. The molecule has 0 bridgehead atoms. The Morgan fingerprint density at radius 1 is 1.21 bits per heavy atom. The number of hydrogen-bond acceptors (Lipinski definition) is 6. The fourth-order valence-electron chi connectivity index (χ4n) is 2.77. The summed E-state index contributed by atoms with van der Waals surface area (Å²) in [6.07, 6.45) is 3.18. The third-order valence-corrected chi connectivity index (χ3v) is 4.84. The number of carboxylic acids is 1. The van der Waals surface area contributed by atoms with Crippen molar-refractivity contribution in [3.05, 3.63) is 70.6 Å². The van der Waals surface area contributed by atoms with Crippen molar-refractivity contribution in [3.63, 3.8) is 0 Å². The van der Waals surface area contributed by atoms with Gasteiger partial charge >= 0.3 is 5.97 Å². The Morgan fingerprint density at radius 2 is 1.96 bits per heavy atom. The molecule has 2 heterocycles. The smallest absolute Gasteiger partial charge is 0.377 e. The van der Waals surface area contributed by atoms with E-state index in [1.54, 1.807) is 23.5 Å². The zero-order valence-corrected chi connectivity index (χ0v) is 16.1. The van der Waals surface area contributed by atoms with Crippen molar-refractivity contribution in [1.29, 1.82) is 0 Å². The van der Waals surface area contributed by atoms with Crippen LogP contribution in [0, 0.1) is 0 Å². The van der Waals surface area contributed by atoms with E-state index in [4.69, 9.17) is 15.1 Å². The van der Waals surface area contributed by atoms with Crippen LogP contribution in [0.25, 0.3) is 11.4 Å². The van der Waals surface area contributed by atoms with Crippen LogP contribution in [-0.4, -0.2) is 26.8 Å². The highest BCUT2D eigenvalue weighted by molar-refractivity contribution is 7.08. The summed E-state index contributed by atoms with van der Waals surface area (Å²) in [5, 5.41) is 16.1. The third-order valence-electron chi connectivity index (χ3n) is 4.16. The molecule has 2 N–H and O–H groups in total. The van der Waals surface area contributed by atoms with Gasteiger partial charge in [-0.2, -0.15) is 11.3 Å². The van der Waals surface area contributed by atoms with Crippen LogP contribution in [0.15, 0.2) is 53.7 Å². The first kappa shape index (κ1) is 19.4. The minimum absolute atomic E-state index is 0.125. The average Bonchev–Trinajstić information content (AvgIpc) is 3.24. The van der Waals surface area contributed by atoms with E-state index in [9.17, 15) is 9.59 Å². The van der Waals surface area contributed by atoms with Gasteiger partial charge in [-0.05, 0) is 48.6 Å². The Morgan fingerprint density at radius 3 is 2.54 bits per heavy atom. The zero-order chi connectivity index (χ0) is 20.1. The normalized spacial score (nSPS) is 10.5. The molecule has 142 valence electrons. The first-order valence-corrected chi connectivity index (χ1v) is 9.65. The highest BCUT2D eigenvalue weighted by atomic mass is 32.1. The molecule has 28 heavy (non-hydrogen) atoms. The Kier molecular flexibility index (Phi) is 5.96. The average molecular weight is 393 g/mol. The molecule has 1 aromatic carbocycles. The van der Waals surface area contributed by atoms with Gasteiger partial charge < -0.3 is 10.4 Å². The summed E-state index contributed by atoms with van der Waals surface area (Å²) in [7, 11) is 0. The molecule has 0 atom stereocenters. The lowest BCUT2D eigenvalue weighted by atomic mass is 10.1. The van der Waals surface area contributed by atoms with Crippen LogP contribution in [0.1, 0.15) is 28.5 Å². The van der Waals surface area contributed by atoms with Gasteiger partial charge in [0.25, 0.3) is 5.78 Å². The van der Waals surface area contributed by atoms with Crippen LogP contribution in [0.2, 0.25) is 0 Å². The van der Waals surface area contributed by atoms with Crippen molar-refractivity contribution in [3.8, 4) is 11.4 Å². The van der Waals surface area contributed by atoms with Gasteiger partial charge in [-0.25, -0.2) is 14.8 Å². The van der Waals surface area contributed by atoms with E-state index in [1.165, 1.54) is 12.1 Å². The molecule has 0 aliphatic rings. The molecule has 0 saturated carbocycles. The fourth-order valence-corrected chi connectivity index (χ4v) is 3.41. The van der Waals surface area contributed by atoms with Gasteiger partial charge in [-0.3, -0.25) is 4.79 Å². The number of hydrogen-bond donors (Lipinski definition) is 2. The van der Waals surface area contributed by atoms with Gasteiger partial charge in [0.2, 0.25) is 0 Å². The number of anilines is 2. The van der Waals surface area contributed by atoms with Crippen LogP contribution in [0.4, 0.5) is 11.5 Å². The Bertz CT molecular complexity index is 1010. The molecule has 0 radical (unpaired) electrons. The van der Waals surface area contributed by atoms with E-state index < -0.39 is 11.8 Å². The lowest BCUT2D eigenvalue weighted by Gasteiger charge is -2.15. The lowest BCUT2D eigenvalue weighted by molar-refractivity contribution is -0.131. The van der Waals surface area contributed by atoms with Gasteiger partial charge in [-0.15, -0.1) is 6.58 Å². The minimum atomic E-state index is -1.47. The monoisotopic (exact) mass is 393 g/mol. The van der Waals surface area contributed by atoms with Crippen LogP contribution >= 0.6 is 11.3 Å². The van der Waals surface area contributed by atoms with Crippen LogP contribution < -0.4 is 5.32 Å². The summed E-state index contributed by atoms with van der Waals surface area (Å²) in [6.45, 7) is 5.87. The highest BCUT2D eigenvalue weighted by Gasteiger charge is 2.16. The van der Waals surface area contributed by atoms with E-state index in [2.05, 4.69) is 11.9 Å². The highest BCUT2D eigenvalue weighted by Crippen LogP contribution is 2.27. The number of aliphatic carboxylic acids is 1. The van der Waals surface area contributed by atoms with Crippen LogP contribution in [-0.2, 0) is 17.6 Å². The number of rotatable bonds is 8. The van der Waals surface area contributed by atoms with Crippen LogP contribution in [0.3, 0.4) is 0 Å². The number of nitrogens with zero attached hydrogens (tertiary/aromatic N) is 2. The molecule has 0 unspecified atom stereocenters. The van der Waals surface area contributed by atoms with Crippen molar-refractivity contribution in [2.24, 2.45) is 0 Å². The van der Waals surface area contributed by atoms with Gasteiger partial charge in [0, 0.05) is 33.5 Å². The summed E-state index contributed by atoms with van der Waals surface area (Å²) >= 11 is 1.58. The van der Waals surface area contributed by atoms with Gasteiger partial charge in [0.05, 0.1) is 0 Å². The second-order valence-electron chi connectivity index (χ2n) is 6.02. The molecular formula is C21H19N3O3S. The minimum Gasteiger partial charge on any atom is -0.475 e. The van der Waals surface area contributed by atoms with Crippen molar-refractivity contribution in [2.75, 3.05) is 5.32 Å². The number of ketones is 1. The topological polar surface area (TPSA) is 92.2 Å². The first-order valence-electron chi connectivity index (χ1n) is 8.71. The Balaban J connectivity index is 1.99. The van der Waals surface area contributed by atoms with E-state index in [1.807, 2.05) is 29.8 Å². The summed E-state index contributed by atoms with van der Waals surface area (Å²) in [5.41, 5.74) is 3.68. The maximum atomic E-state index is 11.6. The largest absolute Gasteiger partial charge is 0.475 e. The van der Waals surface area contributed by atoms with Crippen molar-refractivity contribution in [2.45, 2.75) is 19.8 Å². The van der Waals surface area contributed by atoms with Gasteiger partial charge in [0.1, 0.15) is 5.82 Å². The number of aryl methyl sites for hydroxylation is 1. The SMILES string of the molecule is C=CCc1c(CC)nc(-c2ccsc2)nc1Nc1ccc(C(=O)C(=O)O)cc1. The molecule has 3 rings (SSSR count). The maximum Gasteiger partial charge on any atom is 0.377 e. The number of carbonyl (C=O) groups is 2. The second-order valence-corrected chi connectivity index (χ2v) is 6.80. The third kappa shape index (κ3) is 4.15. The summed E-state index contributed by atoms with van der Waals surface area (Å²) in [4.78, 5) is 31.8. The molecule has 0 amide bonds. The number of benzene rings is 1. The number of carbonyl (C=O) groups excluding carboxylic acids is 1. The number of aromatic nitrogens is 2. The predicted octanol–water partition coefficient (Wildman–Crippen LogP) is 4.51. The Hall–Kier alpha value is -3.32. The molecule has 0 saturated heterocycles. The van der Waals surface area contributed by atoms with E-state index >= 15 is 0 Å². The molecule has 0 spiro atoms. The lowest BCUT2D eigenvalue weighted by Crippen LogP contribution is -2.12. The Labute approximate surface area is 166 Å². The number of allylic oxidation sites excluding steroid dienone is 1. The van der Waals surface area contributed by atoms with Gasteiger partial charge in [0.15, 0.2) is 5.82 Å². The standard InChI is InChI=1S/C21H19N3O3S/c1-3-5-16-17(4-2)23-19(14-10-11-28-12-14)24-20(16)22-15-8-6-13(7-9-15)18(25)21(26)27/h3,6-12H,1,4-5H2,2H3,(H,26,27)(H,22,23,24). The molecule has 0 aliphatic heterocycles. The number of thiophene rings is 1. The number of nitrogens with one attached hydrogen (secondary N) is 1. The predicted molar refractivity (Wildman–Crippen MR) is 110 cm³/mol. The van der Waals surface area contributed by atoms with E-state index in [-0.39, 0.29) is 5.56 Å². The van der Waals surface area contributed by atoms with Crippen molar-refractivity contribution >= 4 is 34.6 Å². The zero-order valence-electron chi connectivity index (χ0n) is 15.3. The first-order chi connectivity index (χ1) is 13.5. The molecule has 0 fully saturated rings. The maximum absolute atomic E-state index is 11.6. The van der Waals surface area contributed by atoms with Crippen molar-refractivity contribution < 1.29 is 14.7 Å². The molecule has 7 heteroatoms. The van der Waals surface area contributed by atoms with E-state index in [0.29, 0.717) is 23.8 Å². The summed E-state index contributed by atoms with van der Waals surface area (Å²) in [5.74, 6) is -1.09. The molecule has 6 nitrogen and oxygen atoms in total. The molecule has 2 aromatic heterocycles. The van der Waals surface area contributed by atoms with Crippen molar-refractivity contribution in [1.82, 2.24) is 9.97 Å². The molecule has 0 aliphatic carbocycles. The molecular weight excluding hydrogens is 374 g/mol. The summed E-state index contributed by atoms with van der Waals surface area (Å²) in [6, 6.07) is 8.25. The second kappa shape index (κ2) is 8.58. The van der Waals surface area contributed by atoms with Crippen LogP contribution in [0.5, 0.6) is 0 Å². The fraction of sp³-hybridized carbons (Fsp3) is 0.143. The number of carboxylic acid groups (broad SMARTS) is 1. The summed E-state index contributed by atoms with van der Waals surface area (Å²) < 4.78 is 0. The van der Waals surface area contributed by atoms with E-state index in [0.717, 1.165) is 23.2 Å². The van der Waals surface area contributed by atoms with Gasteiger partial charge in [-0.1, -0.05) is 13.0 Å². The quantitative estimate of drug-likeness (QED) is 0.332.